The number of nitrogen functional groups attached to an aromatic ring is 1. The fourth-order valence-electron chi connectivity index (χ4n) is 3.29. The number of aromatic nitrogens is 3. The van der Waals surface area contributed by atoms with E-state index in [1.54, 1.807) is 22.9 Å². The van der Waals surface area contributed by atoms with Gasteiger partial charge in [-0.15, -0.1) is 0 Å². The Labute approximate surface area is 170 Å². The van der Waals surface area contributed by atoms with Crippen molar-refractivity contribution in [3.8, 4) is 28.6 Å². The molecule has 3 N–H and O–H groups in total. The van der Waals surface area contributed by atoms with Crippen LogP contribution in [0.15, 0.2) is 46.9 Å². The van der Waals surface area contributed by atoms with Gasteiger partial charge in [0, 0.05) is 15.6 Å². The van der Waals surface area contributed by atoms with Crippen LogP contribution in [0.5, 0.6) is 5.75 Å². The fraction of sp³-hybridized carbons (Fsp3) is 0.0952. The number of anilines is 1. The molecule has 0 bridgehead atoms. The third-order valence-electron chi connectivity index (χ3n) is 4.64. The van der Waals surface area contributed by atoms with Crippen LogP contribution >= 0.6 is 15.9 Å². The molecule has 0 aliphatic carbocycles. The second kappa shape index (κ2) is 6.66. The molecule has 0 unspecified atom stereocenters. The first-order chi connectivity index (χ1) is 13.4. The van der Waals surface area contributed by atoms with Crippen molar-refractivity contribution < 1.29 is 5.11 Å². The molecule has 2 aromatic heterocycles. The SMILES string of the molecule is Cc1ccc(-n2nc(C)c3c(-c4cc(Br)ccc4O)c(C#N)c(N)nc32)cc1. The molecule has 2 heterocycles. The average Bonchev–Trinajstić information content (AvgIpc) is 2.99. The van der Waals surface area contributed by atoms with Gasteiger partial charge in [0.2, 0.25) is 0 Å². The molecule has 0 amide bonds. The van der Waals surface area contributed by atoms with Crippen LogP contribution in [0.3, 0.4) is 0 Å². The molecular formula is C21H16BrN5O. The molecule has 138 valence electrons. The highest BCUT2D eigenvalue weighted by molar-refractivity contribution is 9.10. The number of nitriles is 1. The van der Waals surface area contributed by atoms with Gasteiger partial charge in [-0.05, 0) is 44.2 Å². The molecule has 0 radical (unpaired) electrons. The molecule has 0 saturated heterocycles. The van der Waals surface area contributed by atoms with Crippen molar-refractivity contribution in [1.82, 2.24) is 14.8 Å². The van der Waals surface area contributed by atoms with E-state index in [-0.39, 0.29) is 17.1 Å². The summed E-state index contributed by atoms with van der Waals surface area (Å²) in [7, 11) is 0. The van der Waals surface area contributed by atoms with Crippen molar-refractivity contribution in [3.63, 3.8) is 0 Å². The summed E-state index contributed by atoms with van der Waals surface area (Å²) in [6, 6.07) is 15.1. The van der Waals surface area contributed by atoms with E-state index in [1.165, 1.54) is 0 Å². The number of hydrogen-bond donors (Lipinski definition) is 2. The Bertz CT molecular complexity index is 1270. The molecule has 0 atom stereocenters. The molecule has 7 heteroatoms. The van der Waals surface area contributed by atoms with Gasteiger partial charge in [0.05, 0.1) is 16.8 Å². The second-order valence-corrected chi connectivity index (χ2v) is 7.47. The summed E-state index contributed by atoms with van der Waals surface area (Å²) in [5, 5.41) is 25.5. The van der Waals surface area contributed by atoms with E-state index in [1.807, 2.05) is 38.1 Å². The summed E-state index contributed by atoms with van der Waals surface area (Å²) in [5.74, 6) is 0.145. The standard InChI is InChI=1S/C21H16BrN5O/c1-11-3-6-14(7-4-11)27-21-18(12(2)26-27)19(16(10-23)20(24)25-21)15-9-13(22)5-8-17(15)28/h3-9,28H,1-2H3,(H2,24,25). The van der Waals surface area contributed by atoms with E-state index >= 15 is 0 Å². The van der Waals surface area contributed by atoms with Gasteiger partial charge in [-0.3, -0.25) is 0 Å². The van der Waals surface area contributed by atoms with Gasteiger partial charge in [-0.1, -0.05) is 33.6 Å². The Morgan fingerprint density at radius 2 is 1.86 bits per heavy atom. The number of aromatic hydroxyl groups is 1. The molecule has 4 aromatic rings. The number of halogens is 1. The minimum atomic E-state index is 0.0501. The molecule has 4 rings (SSSR count). The third kappa shape index (κ3) is 2.79. The lowest BCUT2D eigenvalue weighted by Crippen LogP contribution is -2.03. The smallest absolute Gasteiger partial charge is 0.166 e. The van der Waals surface area contributed by atoms with Crippen molar-refractivity contribution in [3.05, 3.63) is 63.8 Å². The number of benzene rings is 2. The van der Waals surface area contributed by atoms with Crippen LogP contribution in [-0.4, -0.2) is 19.9 Å². The topological polar surface area (TPSA) is 101 Å². The molecule has 0 fully saturated rings. The zero-order chi connectivity index (χ0) is 20.0. The number of phenolic OH excluding ortho intramolecular Hbond substituents is 1. The van der Waals surface area contributed by atoms with Crippen LogP contribution in [0.25, 0.3) is 27.8 Å². The summed E-state index contributed by atoms with van der Waals surface area (Å²) in [6.07, 6.45) is 0. The highest BCUT2D eigenvalue weighted by Crippen LogP contribution is 2.41. The lowest BCUT2D eigenvalue weighted by atomic mass is 9.96. The quantitative estimate of drug-likeness (QED) is 0.479. The predicted molar refractivity (Wildman–Crippen MR) is 112 cm³/mol. The Balaban J connectivity index is 2.14. The van der Waals surface area contributed by atoms with Gasteiger partial charge in [0.25, 0.3) is 0 Å². The highest BCUT2D eigenvalue weighted by Gasteiger charge is 2.23. The van der Waals surface area contributed by atoms with Crippen molar-refractivity contribution in [1.29, 1.82) is 5.26 Å². The number of pyridine rings is 1. The number of aryl methyl sites for hydroxylation is 2. The van der Waals surface area contributed by atoms with Gasteiger partial charge in [-0.25, -0.2) is 9.67 Å². The van der Waals surface area contributed by atoms with E-state index in [2.05, 4.69) is 32.1 Å². The summed E-state index contributed by atoms with van der Waals surface area (Å²) in [4.78, 5) is 4.47. The summed E-state index contributed by atoms with van der Waals surface area (Å²) < 4.78 is 2.48. The molecule has 0 aliphatic rings. The number of rotatable bonds is 2. The largest absolute Gasteiger partial charge is 0.507 e. The summed E-state index contributed by atoms with van der Waals surface area (Å²) >= 11 is 3.43. The monoisotopic (exact) mass is 433 g/mol. The number of hydrogen-bond acceptors (Lipinski definition) is 5. The zero-order valence-electron chi connectivity index (χ0n) is 15.2. The minimum Gasteiger partial charge on any atom is -0.507 e. The van der Waals surface area contributed by atoms with E-state index < -0.39 is 0 Å². The van der Waals surface area contributed by atoms with Gasteiger partial charge >= 0.3 is 0 Å². The van der Waals surface area contributed by atoms with E-state index in [4.69, 9.17) is 5.73 Å². The number of nitrogens with zero attached hydrogens (tertiary/aromatic N) is 4. The fourth-order valence-corrected chi connectivity index (χ4v) is 3.65. The number of nitrogens with two attached hydrogens (primary N) is 1. The molecule has 0 aliphatic heterocycles. The van der Waals surface area contributed by atoms with Gasteiger partial charge < -0.3 is 10.8 Å². The van der Waals surface area contributed by atoms with E-state index in [0.29, 0.717) is 27.9 Å². The first kappa shape index (κ1) is 18.0. The Kier molecular flexibility index (Phi) is 4.28. The number of fused-ring (bicyclic) bond motifs is 1. The molecular weight excluding hydrogens is 418 g/mol. The second-order valence-electron chi connectivity index (χ2n) is 6.55. The van der Waals surface area contributed by atoms with Crippen LogP contribution in [0.1, 0.15) is 16.8 Å². The first-order valence-electron chi connectivity index (χ1n) is 8.55. The maximum atomic E-state index is 10.5. The molecule has 2 aromatic carbocycles. The minimum absolute atomic E-state index is 0.0501. The maximum absolute atomic E-state index is 10.5. The number of phenols is 1. The van der Waals surface area contributed by atoms with Crippen LogP contribution in [0, 0.1) is 25.2 Å². The summed E-state index contributed by atoms with van der Waals surface area (Å²) in [6.45, 7) is 3.87. The van der Waals surface area contributed by atoms with Gasteiger partial charge in [0.1, 0.15) is 23.2 Å². The summed E-state index contributed by atoms with van der Waals surface area (Å²) in [5.41, 5.74) is 10.6. The van der Waals surface area contributed by atoms with Crippen molar-refractivity contribution in [2.45, 2.75) is 13.8 Å². The highest BCUT2D eigenvalue weighted by atomic mass is 79.9. The van der Waals surface area contributed by atoms with Crippen molar-refractivity contribution in [2.75, 3.05) is 5.73 Å². The maximum Gasteiger partial charge on any atom is 0.166 e. The van der Waals surface area contributed by atoms with Crippen molar-refractivity contribution in [2.24, 2.45) is 0 Å². The lowest BCUT2D eigenvalue weighted by molar-refractivity contribution is 0.477. The first-order valence-corrected chi connectivity index (χ1v) is 9.35. The van der Waals surface area contributed by atoms with Crippen LogP contribution in [0.4, 0.5) is 5.82 Å². The lowest BCUT2D eigenvalue weighted by Gasteiger charge is -2.12. The molecule has 0 saturated carbocycles. The Morgan fingerprint density at radius 3 is 2.54 bits per heavy atom. The average molecular weight is 434 g/mol. The normalized spacial score (nSPS) is 10.9. The predicted octanol–water partition coefficient (Wildman–Crippen LogP) is 4.63. The van der Waals surface area contributed by atoms with E-state index in [9.17, 15) is 10.4 Å². The van der Waals surface area contributed by atoms with Crippen LogP contribution in [-0.2, 0) is 0 Å². The third-order valence-corrected chi connectivity index (χ3v) is 5.13. The molecule has 0 spiro atoms. The molecule has 28 heavy (non-hydrogen) atoms. The van der Waals surface area contributed by atoms with Crippen LogP contribution in [0.2, 0.25) is 0 Å². The Morgan fingerprint density at radius 1 is 1.14 bits per heavy atom. The van der Waals surface area contributed by atoms with Gasteiger partial charge in [-0.2, -0.15) is 10.4 Å². The van der Waals surface area contributed by atoms with Gasteiger partial charge in [0.15, 0.2) is 5.65 Å². The zero-order valence-corrected chi connectivity index (χ0v) is 16.8. The van der Waals surface area contributed by atoms with Crippen molar-refractivity contribution >= 4 is 32.8 Å². The Hall–Kier alpha value is -3.37. The van der Waals surface area contributed by atoms with E-state index in [0.717, 1.165) is 15.7 Å². The molecule has 6 nitrogen and oxygen atoms in total. The van der Waals surface area contributed by atoms with Crippen LogP contribution < -0.4 is 5.73 Å².